The van der Waals surface area contributed by atoms with Crippen LogP contribution in [0, 0.1) is 5.92 Å². The molecule has 0 aromatic carbocycles. The summed E-state index contributed by atoms with van der Waals surface area (Å²) in [6, 6.07) is 5.70. The maximum absolute atomic E-state index is 12.9. The number of carbonyl (C=O) groups is 1. The molecule has 0 spiro atoms. The van der Waals surface area contributed by atoms with Crippen molar-refractivity contribution in [1.29, 1.82) is 0 Å². The van der Waals surface area contributed by atoms with Crippen molar-refractivity contribution in [2.75, 3.05) is 26.2 Å². The van der Waals surface area contributed by atoms with Gasteiger partial charge in [-0.15, -0.1) is 0 Å². The molecule has 0 aliphatic carbocycles. The van der Waals surface area contributed by atoms with E-state index in [9.17, 15) is 4.79 Å². The molecule has 1 atom stereocenters. The first-order valence-corrected chi connectivity index (χ1v) is 9.09. The van der Waals surface area contributed by atoms with Gasteiger partial charge in [0.1, 0.15) is 5.82 Å². The first-order chi connectivity index (χ1) is 12.2. The molecule has 2 aromatic rings. The molecule has 0 saturated carbocycles. The van der Waals surface area contributed by atoms with Crippen molar-refractivity contribution in [2.24, 2.45) is 5.92 Å². The van der Waals surface area contributed by atoms with Crippen LogP contribution < -0.4 is 0 Å². The van der Waals surface area contributed by atoms with Crippen molar-refractivity contribution in [3.05, 3.63) is 48.3 Å². The van der Waals surface area contributed by atoms with Gasteiger partial charge < -0.3 is 14.4 Å². The fourth-order valence-electron chi connectivity index (χ4n) is 3.46. The molecule has 0 N–H and O–H groups in total. The van der Waals surface area contributed by atoms with E-state index in [1.165, 1.54) is 0 Å². The number of fused-ring (bicyclic) bond motifs is 1. The normalized spacial score (nSPS) is 17.4. The molecule has 0 saturated heterocycles. The molecule has 25 heavy (non-hydrogen) atoms. The molecule has 2 aromatic heterocycles. The fourth-order valence-corrected chi connectivity index (χ4v) is 3.46. The average molecular weight is 341 g/mol. The van der Waals surface area contributed by atoms with Crippen LogP contribution in [0.15, 0.2) is 36.8 Å². The van der Waals surface area contributed by atoms with Crippen molar-refractivity contribution in [3.8, 4) is 0 Å². The Balaban J connectivity index is 1.74. The summed E-state index contributed by atoms with van der Waals surface area (Å²) in [6.45, 7) is 9.70. The first kappa shape index (κ1) is 17.6. The Morgan fingerprint density at radius 3 is 2.76 bits per heavy atom. The smallest absolute Gasteiger partial charge is 0.229 e. The second-order valence-corrected chi connectivity index (χ2v) is 6.62. The quantitative estimate of drug-likeness (QED) is 0.804. The van der Waals surface area contributed by atoms with Crippen LogP contribution in [0.25, 0.3) is 0 Å². The zero-order valence-electron chi connectivity index (χ0n) is 15.1. The summed E-state index contributed by atoms with van der Waals surface area (Å²) >= 11 is 0. The number of aromatic nitrogens is 3. The van der Waals surface area contributed by atoms with E-state index in [1.54, 1.807) is 6.20 Å². The van der Waals surface area contributed by atoms with Crippen molar-refractivity contribution >= 4 is 5.91 Å². The third-order valence-electron chi connectivity index (χ3n) is 4.89. The number of pyridine rings is 1. The van der Waals surface area contributed by atoms with Gasteiger partial charge in [0, 0.05) is 49.8 Å². The van der Waals surface area contributed by atoms with Crippen molar-refractivity contribution in [2.45, 2.75) is 33.4 Å². The van der Waals surface area contributed by atoms with E-state index < -0.39 is 0 Å². The largest absolute Gasteiger partial charge is 0.334 e. The molecule has 3 rings (SSSR count). The third kappa shape index (κ3) is 4.45. The summed E-state index contributed by atoms with van der Waals surface area (Å²) in [5.74, 6) is 1.50. The maximum atomic E-state index is 12.9. The monoisotopic (exact) mass is 341 g/mol. The highest BCUT2D eigenvalue weighted by Gasteiger charge is 2.26. The minimum atomic E-state index is 0.125. The van der Waals surface area contributed by atoms with Gasteiger partial charge >= 0.3 is 0 Å². The maximum Gasteiger partial charge on any atom is 0.229 e. The van der Waals surface area contributed by atoms with E-state index in [0.29, 0.717) is 18.9 Å². The fraction of sp³-hybridized carbons (Fsp3) is 0.526. The zero-order valence-corrected chi connectivity index (χ0v) is 15.1. The lowest BCUT2D eigenvalue weighted by Crippen LogP contribution is -2.39. The molecule has 0 unspecified atom stereocenters. The third-order valence-corrected chi connectivity index (χ3v) is 4.89. The van der Waals surface area contributed by atoms with Gasteiger partial charge in [-0.3, -0.25) is 9.78 Å². The number of hydrogen-bond acceptors (Lipinski definition) is 4. The van der Waals surface area contributed by atoms with E-state index in [0.717, 1.165) is 44.2 Å². The lowest BCUT2D eigenvalue weighted by atomic mass is 10.1. The molecule has 1 aliphatic rings. The van der Waals surface area contributed by atoms with E-state index in [4.69, 9.17) is 0 Å². The second-order valence-electron chi connectivity index (χ2n) is 6.62. The van der Waals surface area contributed by atoms with Crippen molar-refractivity contribution in [3.63, 3.8) is 0 Å². The van der Waals surface area contributed by atoms with Crippen LogP contribution in [0.1, 0.15) is 25.4 Å². The van der Waals surface area contributed by atoms with Crippen LogP contribution in [-0.2, 0) is 24.3 Å². The predicted octanol–water partition coefficient (Wildman–Crippen LogP) is 1.82. The van der Waals surface area contributed by atoms with Gasteiger partial charge in [-0.05, 0) is 25.2 Å². The topological polar surface area (TPSA) is 54.3 Å². The van der Waals surface area contributed by atoms with Crippen LogP contribution >= 0.6 is 0 Å². The number of carbonyl (C=O) groups excluding carboxylic acids is 1. The highest BCUT2D eigenvalue weighted by Crippen LogP contribution is 2.17. The Kier molecular flexibility index (Phi) is 5.81. The Labute approximate surface area is 149 Å². The van der Waals surface area contributed by atoms with Gasteiger partial charge in [-0.25, -0.2) is 4.98 Å². The van der Waals surface area contributed by atoms with Crippen LogP contribution in [0.3, 0.4) is 0 Å². The highest BCUT2D eigenvalue weighted by atomic mass is 16.2. The average Bonchev–Trinajstić information content (AvgIpc) is 2.98. The van der Waals surface area contributed by atoms with Crippen LogP contribution in [-0.4, -0.2) is 56.4 Å². The molecule has 1 amide bonds. The van der Waals surface area contributed by atoms with Crippen molar-refractivity contribution < 1.29 is 4.79 Å². The van der Waals surface area contributed by atoms with Gasteiger partial charge in [0.25, 0.3) is 0 Å². The predicted molar refractivity (Wildman–Crippen MR) is 96.9 cm³/mol. The molecule has 0 fully saturated rings. The Morgan fingerprint density at radius 1 is 1.20 bits per heavy atom. The van der Waals surface area contributed by atoms with E-state index >= 15 is 0 Å². The summed E-state index contributed by atoms with van der Waals surface area (Å²) in [5.41, 5.74) is 0.820. The molecular weight excluding hydrogens is 314 g/mol. The van der Waals surface area contributed by atoms with Gasteiger partial charge in [0.2, 0.25) is 5.91 Å². The molecule has 1 aliphatic heterocycles. The summed E-state index contributed by atoms with van der Waals surface area (Å²) in [6.07, 6.45) is 5.94. The van der Waals surface area contributed by atoms with E-state index in [2.05, 4.69) is 33.3 Å². The Hall–Kier alpha value is -2.21. The van der Waals surface area contributed by atoms with Gasteiger partial charge in [-0.1, -0.05) is 19.9 Å². The lowest BCUT2D eigenvalue weighted by molar-refractivity contribution is -0.131. The van der Waals surface area contributed by atoms with Crippen LogP contribution in [0.4, 0.5) is 0 Å². The summed E-state index contributed by atoms with van der Waals surface area (Å²) in [5, 5.41) is 0. The molecule has 134 valence electrons. The standard InChI is InChI=1S/C19H27N5O/c1-3-22(4-2)12-16-13-23-10-9-21-18(23)15-24(14-16)19(25)11-17-7-5-6-8-20-17/h5-10,16H,3-4,11-15H2,1-2H3/t16-/m1/s1. The van der Waals surface area contributed by atoms with E-state index in [1.807, 2.05) is 35.5 Å². The molecule has 0 bridgehead atoms. The van der Waals surface area contributed by atoms with Crippen molar-refractivity contribution in [1.82, 2.24) is 24.3 Å². The lowest BCUT2D eigenvalue weighted by Gasteiger charge is -2.28. The van der Waals surface area contributed by atoms with Gasteiger partial charge in [0.05, 0.1) is 13.0 Å². The highest BCUT2D eigenvalue weighted by molar-refractivity contribution is 5.78. The summed E-state index contributed by atoms with van der Waals surface area (Å²) < 4.78 is 2.20. The summed E-state index contributed by atoms with van der Waals surface area (Å²) in [7, 11) is 0. The number of hydrogen-bond donors (Lipinski definition) is 0. The summed E-state index contributed by atoms with van der Waals surface area (Å²) in [4.78, 5) is 26.0. The van der Waals surface area contributed by atoms with Gasteiger partial charge in [-0.2, -0.15) is 0 Å². The van der Waals surface area contributed by atoms with Gasteiger partial charge in [0.15, 0.2) is 0 Å². The van der Waals surface area contributed by atoms with E-state index in [-0.39, 0.29) is 5.91 Å². The Morgan fingerprint density at radius 2 is 2.04 bits per heavy atom. The SMILES string of the molecule is CCN(CC)C[C@H]1CN(C(=O)Cc2ccccn2)Cc2nccn2C1. The minimum Gasteiger partial charge on any atom is -0.334 e. The minimum absolute atomic E-state index is 0.125. The Bertz CT molecular complexity index is 680. The second kappa shape index (κ2) is 8.25. The molecule has 6 nitrogen and oxygen atoms in total. The number of imidazole rings is 1. The van der Waals surface area contributed by atoms with Crippen LogP contribution in [0.2, 0.25) is 0 Å². The van der Waals surface area contributed by atoms with Crippen LogP contribution in [0.5, 0.6) is 0 Å². The number of amides is 1. The molecule has 0 radical (unpaired) electrons. The molecule has 3 heterocycles. The molecule has 6 heteroatoms. The molecular formula is C19H27N5O. The number of nitrogens with zero attached hydrogens (tertiary/aromatic N) is 5. The first-order valence-electron chi connectivity index (χ1n) is 9.09. The number of rotatable bonds is 6. The zero-order chi connectivity index (χ0) is 17.6.